The molecule has 2 aliphatic rings. The Morgan fingerprint density at radius 2 is 1.78 bits per heavy atom. The number of carbonyl (C=O) groups is 1. The molecule has 1 amide bonds. The summed E-state index contributed by atoms with van der Waals surface area (Å²) in [6, 6.07) is 13.2. The molecular formula is C16H10N4O3. The van der Waals surface area contributed by atoms with E-state index in [2.05, 4.69) is 20.2 Å². The Labute approximate surface area is 130 Å². The van der Waals surface area contributed by atoms with Crippen LogP contribution in [-0.2, 0) is 11.4 Å². The first-order valence-corrected chi connectivity index (χ1v) is 6.89. The van der Waals surface area contributed by atoms with Crippen LogP contribution in [0.3, 0.4) is 0 Å². The van der Waals surface area contributed by atoms with Crippen molar-refractivity contribution in [2.45, 2.75) is 6.61 Å². The van der Waals surface area contributed by atoms with Gasteiger partial charge >= 0.3 is 5.91 Å². The van der Waals surface area contributed by atoms with Crippen molar-refractivity contribution in [1.82, 2.24) is 0 Å². The van der Waals surface area contributed by atoms with Crippen molar-refractivity contribution >= 4 is 29.4 Å². The van der Waals surface area contributed by atoms with E-state index in [0.29, 0.717) is 29.7 Å². The number of aliphatic imine (C=N–C) groups is 2. The molecule has 0 aliphatic carbocycles. The number of amides is 1. The number of rotatable bonds is 4. The maximum Gasteiger partial charge on any atom is 0.301 e. The molecule has 3 heterocycles. The zero-order valence-electron chi connectivity index (χ0n) is 11.8. The number of hydrogen-bond acceptors (Lipinski definition) is 6. The van der Waals surface area contributed by atoms with E-state index in [0.717, 1.165) is 5.56 Å². The Hall–Kier alpha value is -3.35. The van der Waals surface area contributed by atoms with Crippen molar-refractivity contribution in [2.24, 2.45) is 20.2 Å². The Morgan fingerprint density at radius 1 is 0.957 bits per heavy atom. The van der Waals surface area contributed by atoms with Gasteiger partial charge in [-0.1, -0.05) is 30.3 Å². The number of hydrogen-bond donors (Lipinski definition) is 0. The van der Waals surface area contributed by atoms with Crippen LogP contribution in [0.5, 0.6) is 5.95 Å². The highest BCUT2D eigenvalue weighted by Crippen LogP contribution is 2.21. The van der Waals surface area contributed by atoms with Crippen LogP contribution in [0.1, 0.15) is 11.3 Å². The van der Waals surface area contributed by atoms with Gasteiger partial charge in [-0.3, -0.25) is 4.79 Å². The number of fused-ring (bicyclic) bond motifs is 1. The molecule has 7 heteroatoms. The molecule has 2 aromatic rings. The molecule has 0 unspecified atom stereocenters. The van der Waals surface area contributed by atoms with Gasteiger partial charge in [0, 0.05) is 6.07 Å². The first kappa shape index (κ1) is 13.3. The van der Waals surface area contributed by atoms with Gasteiger partial charge < -0.3 is 9.15 Å². The lowest BCUT2D eigenvalue weighted by molar-refractivity contribution is -0.111. The van der Waals surface area contributed by atoms with Crippen molar-refractivity contribution < 1.29 is 13.9 Å². The van der Waals surface area contributed by atoms with Crippen molar-refractivity contribution in [3.05, 3.63) is 53.8 Å². The summed E-state index contributed by atoms with van der Waals surface area (Å²) in [7, 11) is 0. The zero-order chi connectivity index (χ0) is 15.6. The molecule has 7 nitrogen and oxygen atoms in total. The molecule has 1 aromatic heterocycles. The molecule has 4 rings (SSSR count). The molecule has 0 fully saturated rings. The molecule has 0 atom stereocenters. The van der Waals surface area contributed by atoms with Gasteiger partial charge in [-0.05, 0) is 11.6 Å². The van der Waals surface area contributed by atoms with Crippen LogP contribution in [0.15, 0.2) is 67.1 Å². The lowest BCUT2D eigenvalue weighted by atomic mass is 10.1. The SMILES string of the molecule is O=C1N=CN=C2C1=NN=C2c1ccc(OCc2ccccc2)o1. The Kier molecular flexibility index (Phi) is 3.16. The maximum absolute atomic E-state index is 11.6. The van der Waals surface area contributed by atoms with Crippen molar-refractivity contribution in [3.63, 3.8) is 0 Å². The summed E-state index contributed by atoms with van der Waals surface area (Å²) in [4.78, 5) is 19.2. The number of furan rings is 1. The minimum Gasteiger partial charge on any atom is -0.460 e. The minimum absolute atomic E-state index is 0.130. The summed E-state index contributed by atoms with van der Waals surface area (Å²) in [6.07, 6.45) is 1.19. The zero-order valence-corrected chi connectivity index (χ0v) is 11.8. The average Bonchev–Trinajstić information content (AvgIpc) is 3.21. The van der Waals surface area contributed by atoms with Gasteiger partial charge in [-0.2, -0.15) is 4.99 Å². The smallest absolute Gasteiger partial charge is 0.301 e. The highest BCUT2D eigenvalue weighted by Gasteiger charge is 2.32. The van der Waals surface area contributed by atoms with Gasteiger partial charge in [0.15, 0.2) is 17.2 Å². The Bertz CT molecular complexity index is 891. The van der Waals surface area contributed by atoms with Crippen LogP contribution >= 0.6 is 0 Å². The molecule has 1 aromatic carbocycles. The van der Waals surface area contributed by atoms with E-state index in [1.807, 2.05) is 30.3 Å². The number of nitrogens with zero attached hydrogens (tertiary/aromatic N) is 4. The molecule has 0 bridgehead atoms. The van der Waals surface area contributed by atoms with E-state index in [9.17, 15) is 4.79 Å². The Balaban J connectivity index is 1.50. The Morgan fingerprint density at radius 3 is 2.65 bits per heavy atom. The summed E-state index contributed by atoms with van der Waals surface area (Å²) >= 11 is 0. The van der Waals surface area contributed by atoms with E-state index in [1.165, 1.54) is 6.34 Å². The van der Waals surface area contributed by atoms with Gasteiger partial charge in [-0.25, -0.2) is 4.99 Å². The summed E-state index contributed by atoms with van der Waals surface area (Å²) < 4.78 is 11.2. The highest BCUT2D eigenvalue weighted by atomic mass is 16.6. The first-order valence-electron chi connectivity index (χ1n) is 6.89. The van der Waals surface area contributed by atoms with Gasteiger partial charge in [0.05, 0.1) is 0 Å². The molecular weight excluding hydrogens is 296 g/mol. The summed E-state index contributed by atoms with van der Waals surface area (Å²) in [5.74, 6) is 0.339. The van der Waals surface area contributed by atoms with Gasteiger partial charge in [0.2, 0.25) is 0 Å². The van der Waals surface area contributed by atoms with E-state index in [-0.39, 0.29) is 5.71 Å². The predicted molar refractivity (Wildman–Crippen MR) is 84.4 cm³/mol. The predicted octanol–water partition coefficient (Wildman–Crippen LogP) is 2.03. The molecule has 0 radical (unpaired) electrons. The van der Waals surface area contributed by atoms with Crippen LogP contribution in [0.4, 0.5) is 0 Å². The van der Waals surface area contributed by atoms with Crippen LogP contribution in [0.25, 0.3) is 0 Å². The molecule has 112 valence electrons. The molecule has 0 saturated heterocycles. The third kappa shape index (κ3) is 2.48. The molecule has 0 N–H and O–H groups in total. The fourth-order valence-corrected chi connectivity index (χ4v) is 2.19. The standard InChI is InChI=1S/C16H10N4O3/c21-16-15-14(17-9-18-16)13(19-20-15)11-6-7-12(23-11)22-8-10-4-2-1-3-5-10/h1-7,9H,8H2. The molecule has 2 aliphatic heterocycles. The monoisotopic (exact) mass is 306 g/mol. The van der Waals surface area contributed by atoms with E-state index in [4.69, 9.17) is 9.15 Å². The normalized spacial score (nSPS) is 15.8. The van der Waals surface area contributed by atoms with E-state index < -0.39 is 5.91 Å². The summed E-state index contributed by atoms with van der Waals surface area (Å²) in [5.41, 5.74) is 1.93. The van der Waals surface area contributed by atoms with Crippen LogP contribution in [-0.4, -0.2) is 29.4 Å². The van der Waals surface area contributed by atoms with Crippen LogP contribution in [0, 0.1) is 0 Å². The minimum atomic E-state index is -0.458. The molecule has 0 saturated carbocycles. The quantitative estimate of drug-likeness (QED) is 0.865. The second kappa shape index (κ2) is 5.45. The largest absolute Gasteiger partial charge is 0.460 e. The second-order valence-electron chi connectivity index (χ2n) is 4.82. The summed E-state index contributed by atoms with van der Waals surface area (Å²) in [5, 5.41) is 7.77. The molecule has 23 heavy (non-hydrogen) atoms. The van der Waals surface area contributed by atoms with Gasteiger partial charge in [-0.15, -0.1) is 10.2 Å². The van der Waals surface area contributed by atoms with Crippen LogP contribution in [0.2, 0.25) is 0 Å². The summed E-state index contributed by atoms with van der Waals surface area (Å²) in [6.45, 7) is 0.397. The van der Waals surface area contributed by atoms with Crippen molar-refractivity contribution in [2.75, 3.05) is 0 Å². The maximum atomic E-state index is 11.6. The van der Waals surface area contributed by atoms with E-state index >= 15 is 0 Å². The third-order valence-electron chi connectivity index (χ3n) is 3.30. The molecule has 0 spiro atoms. The van der Waals surface area contributed by atoms with Crippen molar-refractivity contribution in [3.8, 4) is 5.95 Å². The van der Waals surface area contributed by atoms with E-state index in [1.54, 1.807) is 12.1 Å². The lowest BCUT2D eigenvalue weighted by Gasteiger charge is -2.04. The highest BCUT2D eigenvalue weighted by molar-refractivity contribution is 6.85. The van der Waals surface area contributed by atoms with Crippen molar-refractivity contribution in [1.29, 1.82) is 0 Å². The fourth-order valence-electron chi connectivity index (χ4n) is 2.19. The number of carbonyl (C=O) groups excluding carboxylic acids is 1. The third-order valence-corrected chi connectivity index (χ3v) is 3.30. The average molecular weight is 306 g/mol. The number of ether oxygens (including phenoxy) is 1. The number of benzene rings is 1. The lowest BCUT2D eigenvalue weighted by Crippen LogP contribution is -2.29. The topological polar surface area (TPSA) is 88.9 Å². The second-order valence-corrected chi connectivity index (χ2v) is 4.82. The van der Waals surface area contributed by atoms with Gasteiger partial charge in [0.25, 0.3) is 5.95 Å². The van der Waals surface area contributed by atoms with Crippen LogP contribution < -0.4 is 4.74 Å². The van der Waals surface area contributed by atoms with Gasteiger partial charge in [0.1, 0.15) is 18.7 Å². The fraction of sp³-hybridized carbons (Fsp3) is 0.0625. The first-order chi connectivity index (χ1) is 11.3.